The van der Waals surface area contributed by atoms with Crippen LogP contribution >= 0.6 is 0 Å². The maximum Gasteiger partial charge on any atom is 0.358 e. The average molecular weight is 463 g/mol. The van der Waals surface area contributed by atoms with Crippen molar-refractivity contribution in [3.05, 3.63) is 59.3 Å². The predicted molar refractivity (Wildman–Crippen MR) is 133 cm³/mol. The van der Waals surface area contributed by atoms with Crippen molar-refractivity contribution in [1.29, 1.82) is 0 Å². The SMILES string of the molecule is COC(=O)c1cc(-c2c(OC)cccc2OC)n(-c2ccc(C#C[SiH](C)C)cc2C(C)C)n1. The number of aromatic nitrogens is 2. The number of carbonyl (C=O) groups excluding carboxylic acids is 1. The van der Waals surface area contributed by atoms with Gasteiger partial charge in [0.05, 0.1) is 38.3 Å². The van der Waals surface area contributed by atoms with Crippen LogP contribution in [-0.4, -0.2) is 45.9 Å². The highest BCUT2D eigenvalue weighted by Gasteiger charge is 2.24. The average Bonchev–Trinajstić information content (AvgIpc) is 3.26. The molecule has 0 atom stereocenters. The number of esters is 1. The van der Waals surface area contributed by atoms with E-state index < -0.39 is 14.8 Å². The van der Waals surface area contributed by atoms with Crippen molar-refractivity contribution in [2.75, 3.05) is 21.3 Å². The molecule has 0 saturated heterocycles. The molecule has 0 N–H and O–H groups in total. The Labute approximate surface area is 197 Å². The first kappa shape index (κ1) is 24.1. The van der Waals surface area contributed by atoms with Crippen molar-refractivity contribution >= 4 is 14.8 Å². The molecule has 172 valence electrons. The number of hydrogen-bond donors (Lipinski definition) is 0. The van der Waals surface area contributed by atoms with Crippen molar-refractivity contribution in [3.8, 4) is 39.9 Å². The van der Waals surface area contributed by atoms with E-state index in [0.717, 1.165) is 16.8 Å². The van der Waals surface area contributed by atoms with Gasteiger partial charge in [-0.1, -0.05) is 38.9 Å². The second-order valence-electron chi connectivity index (χ2n) is 8.21. The van der Waals surface area contributed by atoms with Crippen LogP contribution in [-0.2, 0) is 4.74 Å². The van der Waals surface area contributed by atoms with Gasteiger partial charge in [0.15, 0.2) is 5.69 Å². The Kier molecular flexibility index (Phi) is 7.62. The fraction of sp³-hybridized carbons (Fsp3) is 0.308. The van der Waals surface area contributed by atoms with Crippen molar-refractivity contribution in [2.24, 2.45) is 0 Å². The quantitative estimate of drug-likeness (QED) is 0.298. The summed E-state index contributed by atoms with van der Waals surface area (Å²) in [5.74, 6) is 4.22. The number of rotatable bonds is 6. The molecule has 3 aromatic rings. The Hall–Kier alpha value is -3.50. The Morgan fingerprint density at radius 1 is 1.03 bits per heavy atom. The Bertz CT molecular complexity index is 1200. The molecule has 0 unspecified atom stereocenters. The van der Waals surface area contributed by atoms with E-state index in [1.807, 2.05) is 30.3 Å². The van der Waals surface area contributed by atoms with Crippen LogP contribution in [0.3, 0.4) is 0 Å². The Balaban J connectivity index is 2.32. The summed E-state index contributed by atoms with van der Waals surface area (Å²) in [6, 6.07) is 13.4. The first-order chi connectivity index (χ1) is 15.8. The van der Waals surface area contributed by atoms with Gasteiger partial charge in [0.25, 0.3) is 0 Å². The van der Waals surface area contributed by atoms with Crippen molar-refractivity contribution in [2.45, 2.75) is 32.9 Å². The number of nitrogens with zero attached hydrogens (tertiary/aromatic N) is 2. The monoisotopic (exact) mass is 462 g/mol. The molecule has 0 radical (unpaired) electrons. The summed E-state index contributed by atoms with van der Waals surface area (Å²) in [7, 11) is 3.56. The van der Waals surface area contributed by atoms with Crippen LogP contribution in [0, 0.1) is 11.5 Å². The first-order valence-corrected chi connectivity index (χ1v) is 13.7. The maximum atomic E-state index is 12.4. The van der Waals surface area contributed by atoms with E-state index in [1.165, 1.54) is 7.11 Å². The van der Waals surface area contributed by atoms with Gasteiger partial charge in [-0.2, -0.15) is 5.10 Å². The van der Waals surface area contributed by atoms with Crippen LogP contribution in [0.1, 0.15) is 41.4 Å². The van der Waals surface area contributed by atoms with Gasteiger partial charge in [-0.25, -0.2) is 9.48 Å². The second kappa shape index (κ2) is 10.4. The molecule has 0 bridgehead atoms. The van der Waals surface area contributed by atoms with Gasteiger partial charge in [0, 0.05) is 5.56 Å². The second-order valence-corrected chi connectivity index (χ2v) is 10.8. The third kappa shape index (κ3) is 5.12. The third-order valence-electron chi connectivity index (χ3n) is 5.17. The minimum Gasteiger partial charge on any atom is -0.496 e. The molecule has 7 heteroatoms. The zero-order valence-electron chi connectivity index (χ0n) is 20.2. The van der Waals surface area contributed by atoms with E-state index in [1.54, 1.807) is 25.0 Å². The fourth-order valence-electron chi connectivity index (χ4n) is 3.57. The van der Waals surface area contributed by atoms with E-state index in [2.05, 4.69) is 49.6 Å². The summed E-state index contributed by atoms with van der Waals surface area (Å²) in [4.78, 5) is 12.4. The zero-order valence-corrected chi connectivity index (χ0v) is 21.4. The van der Waals surface area contributed by atoms with E-state index >= 15 is 0 Å². The molecule has 0 fully saturated rings. The molecule has 0 amide bonds. The number of benzene rings is 2. The highest BCUT2D eigenvalue weighted by molar-refractivity contribution is 6.64. The first-order valence-electron chi connectivity index (χ1n) is 10.9. The van der Waals surface area contributed by atoms with E-state index in [0.29, 0.717) is 22.8 Å². The van der Waals surface area contributed by atoms with Gasteiger partial charge in [-0.3, -0.25) is 0 Å². The minimum absolute atomic E-state index is 0.199. The lowest BCUT2D eigenvalue weighted by Crippen LogP contribution is -2.08. The standard InChI is InChI=1S/C26H30N2O4Si/c1-17(2)19-15-18(13-14-33(6)7)11-12-21(19)28-22(16-20(27-28)26(29)32-5)25-23(30-3)9-8-10-24(25)31-4/h8-12,15-17,33H,1-7H3. The molecule has 0 aliphatic carbocycles. The van der Waals surface area contributed by atoms with E-state index in [9.17, 15) is 4.79 Å². The van der Waals surface area contributed by atoms with Gasteiger partial charge >= 0.3 is 5.97 Å². The van der Waals surface area contributed by atoms with E-state index in [4.69, 9.17) is 14.2 Å². The van der Waals surface area contributed by atoms with Crippen molar-refractivity contribution in [1.82, 2.24) is 9.78 Å². The number of methoxy groups -OCH3 is 3. The maximum absolute atomic E-state index is 12.4. The topological polar surface area (TPSA) is 62.6 Å². The highest BCUT2D eigenvalue weighted by Crippen LogP contribution is 2.40. The summed E-state index contributed by atoms with van der Waals surface area (Å²) in [6.07, 6.45) is 0. The van der Waals surface area contributed by atoms with Crippen molar-refractivity contribution in [3.63, 3.8) is 0 Å². The number of carbonyl (C=O) groups is 1. The van der Waals surface area contributed by atoms with Crippen LogP contribution < -0.4 is 9.47 Å². The van der Waals surface area contributed by atoms with Crippen LogP contribution in [0.15, 0.2) is 42.5 Å². The molecule has 0 saturated carbocycles. The molecule has 0 aliphatic heterocycles. The number of ether oxygens (including phenoxy) is 3. The lowest BCUT2D eigenvalue weighted by molar-refractivity contribution is 0.0593. The number of hydrogen-bond acceptors (Lipinski definition) is 5. The van der Waals surface area contributed by atoms with Crippen LogP contribution in [0.5, 0.6) is 11.5 Å². The third-order valence-corrected chi connectivity index (χ3v) is 5.89. The molecule has 1 heterocycles. The summed E-state index contributed by atoms with van der Waals surface area (Å²) in [5, 5.41) is 4.63. The molecule has 3 rings (SSSR count). The fourth-order valence-corrected chi connectivity index (χ4v) is 4.02. The largest absolute Gasteiger partial charge is 0.496 e. The summed E-state index contributed by atoms with van der Waals surface area (Å²) in [5.41, 5.74) is 7.82. The van der Waals surface area contributed by atoms with Crippen LogP contribution in [0.4, 0.5) is 0 Å². The van der Waals surface area contributed by atoms with Gasteiger partial charge in [0.1, 0.15) is 20.3 Å². The molecular formula is C26H30N2O4Si. The minimum atomic E-state index is -0.990. The molecule has 0 aliphatic rings. The van der Waals surface area contributed by atoms with Gasteiger partial charge in [-0.15, -0.1) is 5.54 Å². The van der Waals surface area contributed by atoms with Crippen molar-refractivity contribution < 1.29 is 19.0 Å². The van der Waals surface area contributed by atoms with Crippen LogP contribution in [0.25, 0.3) is 16.9 Å². The zero-order chi connectivity index (χ0) is 24.1. The lowest BCUT2D eigenvalue weighted by Gasteiger charge is -2.18. The molecule has 33 heavy (non-hydrogen) atoms. The molecule has 1 aromatic heterocycles. The summed E-state index contributed by atoms with van der Waals surface area (Å²) < 4.78 is 18.0. The van der Waals surface area contributed by atoms with E-state index in [-0.39, 0.29) is 11.6 Å². The normalized spacial score (nSPS) is 10.7. The molecule has 6 nitrogen and oxygen atoms in total. The highest BCUT2D eigenvalue weighted by atomic mass is 28.3. The molecular weight excluding hydrogens is 432 g/mol. The molecule has 0 spiro atoms. The summed E-state index contributed by atoms with van der Waals surface area (Å²) >= 11 is 0. The lowest BCUT2D eigenvalue weighted by atomic mass is 9.98. The summed E-state index contributed by atoms with van der Waals surface area (Å²) in [6.45, 7) is 8.66. The van der Waals surface area contributed by atoms with Crippen LogP contribution in [0.2, 0.25) is 13.1 Å². The van der Waals surface area contributed by atoms with Gasteiger partial charge in [0.2, 0.25) is 0 Å². The van der Waals surface area contributed by atoms with Gasteiger partial charge < -0.3 is 14.2 Å². The Morgan fingerprint density at radius 3 is 2.24 bits per heavy atom. The van der Waals surface area contributed by atoms with Gasteiger partial charge in [-0.05, 0) is 47.9 Å². The smallest absolute Gasteiger partial charge is 0.358 e. The Morgan fingerprint density at radius 2 is 1.70 bits per heavy atom. The predicted octanol–water partition coefficient (Wildman–Crippen LogP) is 4.84. The molecule has 2 aromatic carbocycles.